The summed E-state index contributed by atoms with van der Waals surface area (Å²) in [6.45, 7) is 0. The molecule has 0 aliphatic carbocycles. The molecule has 0 fully saturated rings. The molecule has 0 atom stereocenters. The van der Waals surface area contributed by atoms with E-state index in [1.807, 2.05) is 63.9 Å². The highest BCUT2D eigenvalue weighted by Crippen LogP contribution is 2.50. The molecule has 15 aromatic carbocycles. The SMILES string of the molecule is c1ccc(-c2ccc(-n3c4ccccc4c4cc5c(cc43)sc3c(-n4c6ccccc6c6ccccc64)nccc35)cc2)cc1.c1ccc(-n2c3ccccc3c3cc4c(cc32)sc2c(-n3c5ccccc5c5ccccc53)nccc24)cc1.c1ccc2c(c1)sc1c2ccc2sc3c(-n4c5ccccc5c5ccccc54)nccc3c21. The summed E-state index contributed by atoms with van der Waals surface area (Å²) in [5, 5.41) is 23.0. The Labute approximate surface area is 683 Å². The number of pyridine rings is 3. The van der Waals surface area contributed by atoms with Gasteiger partial charge in [-0.1, -0.05) is 231 Å². The molecule has 27 rings (SSSR count). The van der Waals surface area contributed by atoms with Crippen molar-refractivity contribution in [3.63, 3.8) is 0 Å². The maximum Gasteiger partial charge on any atom is 0.155 e. The summed E-state index contributed by atoms with van der Waals surface area (Å²) >= 11 is 7.42. The van der Waals surface area contributed by atoms with Crippen molar-refractivity contribution in [2.45, 2.75) is 0 Å². The number of hydrogen-bond acceptors (Lipinski definition) is 7. The Morgan fingerprint density at radius 3 is 0.906 bits per heavy atom. The van der Waals surface area contributed by atoms with Crippen LogP contribution < -0.4 is 0 Å². The highest BCUT2D eigenvalue weighted by Gasteiger charge is 2.25. The lowest BCUT2D eigenvalue weighted by atomic mass is 10.1. The Hall–Kier alpha value is -14.4. The fraction of sp³-hybridized carbons (Fsp3) is 0. The molecule has 12 heteroatoms. The zero-order valence-electron chi connectivity index (χ0n) is 62.5. The topological polar surface area (TPSA) is 63.3 Å². The molecule has 0 N–H and O–H groups in total. The number of benzene rings is 15. The predicted molar refractivity (Wildman–Crippen MR) is 501 cm³/mol. The first kappa shape index (κ1) is 66.1. The molecule has 12 aromatic heterocycles. The van der Waals surface area contributed by atoms with Gasteiger partial charge in [-0.05, 0) is 139 Å². The lowest BCUT2D eigenvalue weighted by Gasteiger charge is -2.09. The fourth-order valence-corrected chi connectivity index (χ4v) is 23.7. The molecule has 0 saturated heterocycles. The standard InChI is InChI=1S/C41H25N3S.C35H21N3S.C29H16N2S2/c1-2-10-26(11-3-1)27-18-20-28(21-19-27)43-35-15-7-6-14-31(35)33-24-34-32-22-23-42-41(40(32)45-39(34)25-38(33)43)44-36-16-8-4-12-29(36)30-13-5-9-17-37(30)44;1-2-10-22(11-3-1)37-29-15-7-6-14-25(29)27-20-28-26-18-19-36-35(34(26)39-33(28)21-32(27)37)38-30-16-8-4-12-23(30)24-13-5-9-17-31(24)38;1-4-10-22-17(7-1)18-8-2-5-11-23(18)31(22)29-28-21(15-16-30-29)26-25(33-28)14-13-20-19-9-3-6-12-24(19)32-27(20)26/h1-25H;1-21H;1-16H. The minimum Gasteiger partial charge on any atom is -0.309 e. The Morgan fingerprint density at radius 2 is 0.479 bits per heavy atom. The van der Waals surface area contributed by atoms with Gasteiger partial charge in [-0.3, -0.25) is 13.7 Å². The first-order valence-corrected chi connectivity index (χ1v) is 42.6. The van der Waals surface area contributed by atoms with E-state index < -0.39 is 0 Å². The molecule has 546 valence electrons. The van der Waals surface area contributed by atoms with Gasteiger partial charge in [-0.15, -0.1) is 45.3 Å². The van der Waals surface area contributed by atoms with Crippen molar-refractivity contribution in [2.75, 3.05) is 0 Å². The van der Waals surface area contributed by atoms with Crippen LogP contribution in [0.5, 0.6) is 0 Å². The van der Waals surface area contributed by atoms with E-state index in [9.17, 15) is 0 Å². The third-order valence-electron chi connectivity index (χ3n) is 23.8. The quantitative estimate of drug-likeness (QED) is 0.167. The third kappa shape index (κ3) is 10.00. The van der Waals surface area contributed by atoms with E-state index in [4.69, 9.17) is 15.0 Å². The molecule has 0 aliphatic heterocycles. The highest BCUT2D eigenvalue weighted by molar-refractivity contribution is 7.30. The summed E-state index contributed by atoms with van der Waals surface area (Å²) in [4.78, 5) is 14.9. The van der Waals surface area contributed by atoms with Crippen LogP contribution in [0.4, 0.5) is 0 Å². The van der Waals surface area contributed by atoms with Gasteiger partial charge >= 0.3 is 0 Å². The number of fused-ring (bicyclic) bond motifs is 28. The van der Waals surface area contributed by atoms with Crippen molar-refractivity contribution >= 4 is 235 Å². The summed E-state index contributed by atoms with van der Waals surface area (Å²) < 4.78 is 22.0. The second kappa shape index (κ2) is 26.1. The van der Waals surface area contributed by atoms with Crippen molar-refractivity contribution in [3.05, 3.63) is 377 Å². The van der Waals surface area contributed by atoms with E-state index in [1.165, 1.54) is 207 Å². The molecule has 117 heavy (non-hydrogen) atoms. The van der Waals surface area contributed by atoms with Gasteiger partial charge in [-0.25, -0.2) is 15.0 Å². The van der Waals surface area contributed by atoms with Crippen LogP contribution in [0.3, 0.4) is 0 Å². The molecule has 8 nitrogen and oxygen atoms in total. The van der Waals surface area contributed by atoms with Crippen LogP contribution in [0.1, 0.15) is 0 Å². The molecule has 0 aliphatic rings. The van der Waals surface area contributed by atoms with Gasteiger partial charge < -0.3 is 9.13 Å². The highest BCUT2D eigenvalue weighted by atomic mass is 32.1. The van der Waals surface area contributed by atoms with Crippen molar-refractivity contribution in [3.8, 4) is 40.0 Å². The van der Waals surface area contributed by atoms with Crippen LogP contribution in [0.15, 0.2) is 377 Å². The van der Waals surface area contributed by atoms with Crippen molar-refractivity contribution < 1.29 is 0 Å². The summed E-state index contributed by atoms with van der Waals surface area (Å²) in [6, 6.07) is 129. The minimum atomic E-state index is 0.986. The molecule has 0 saturated carbocycles. The van der Waals surface area contributed by atoms with E-state index in [1.54, 1.807) is 0 Å². The Kier molecular flexibility index (Phi) is 14.7. The van der Waals surface area contributed by atoms with Gasteiger partial charge in [0.05, 0.1) is 69.3 Å². The Bertz CT molecular complexity index is 8630. The molecular weight excluding hydrogens is 1500 g/mol. The first-order valence-electron chi connectivity index (χ1n) is 39.4. The molecule has 0 radical (unpaired) electrons. The summed E-state index contributed by atoms with van der Waals surface area (Å²) in [5.41, 5.74) is 16.8. The minimum absolute atomic E-state index is 0.986. The van der Waals surface area contributed by atoms with E-state index in [-0.39, 0.29) is 0 Å². The Morgan fingerprint density at radius 1 is 0.171 bits per heavy atom. The van der Waals surface area contributed by atoms with Crippen LogP contribution in [0.2, 0.25) is 0 Å². The van der Waals surface area contributed by atoms with Gasteiger partial charge in [0.2, 0.25) is 0 Å². The smallest absolute Gasteiger partial charge is 0.155 e. The van der Waals surface area contributed by atoms with Crippen LogP contribution >= 0.6 is 45.3 Å². The fourth-order valence-electron chi connectivity index (χ4n) is 18.8. The molecule has 0 unspecified atom stereocenters. The molecule has 0 spiro atoms. The normalized spacial score (nSPS) is 12.1. The van der Waals surface area contributed by atoms with Gasteiger partial charge in [0.15, 0.2) is 17.5 Å². The number of thiophene rings is 4. The summed E-state index contributed by atoms with van der Waals surface area (Å²) in [6.07, 6.45) is 5.90. The number of nitrogens with zero attached hydrogens (tertiary/aromatic N) is 8. The van der Waals surface area contributed by atoms with Gasteiger partial charge in [0, 0.05) is 150 Å². The second-order valence-electron chi connectivity index (χ2n) is 30.0. The molecule has 0 amide bonds. The van der Waals surface area contributed by atoms with Crippen molar-refractivity contribution in [2.24, 2.45) is 0 Å². The van der Waals surface area contributed by atoms with Gasteiger partial charge in [-0.2, -0.15) is 0 Å². The summed E-state index contributed by atoms with van der Waals surface area (Å²) in [7, 11) is 0. The van der Waals surface area contributed by atoms with Crippen LogP contribution in [-0.4, -0.2) is 37.8 Å². The number of aromatic nitrogens is 8. The first-order chi connectivity index (χ1) is 58.1. The zero-order chi connectivity index (χ0) is 76.5. The lowest BCUT2D eigenvalue weighted by Crippen LogP contribution is -1.96. The number of para-hydroxylation sites is 9. The maximum atomic E-state index is 5.02. The van der Waals surface area contributed by atoms with Gasteiger partial charge in [0.25, 0.3) is 0 Å². The predicted octanol–water partition coefficient (Wildman–Crippen LogP) is 29.9. The number of rotatable bonds is 6. The third-order valence-corrected chi connectivity index (χ3v) is 28.5. The molecular formula is C105H62N8S4. The largest absolute Gasteiger partial charge is 0.309 e. The van der Waals surface area contributed by atoms with Crippen LogP contribution in [0, 0.1) is 0 Å². The van der Waals surface area contributed by atoms with Crippen molar-refractivity contribution in [1.29, 1.82) is 0 Å². The monoisotopic (exact) mass is 1560 g/mol. The van der Waals surface area contributed by atoms with Crippen LogP contribution in [0.25, 0.3) is 230 Å². The average Bonchev–Trinajstić information content (AvgIpc) is 1.56. The maximum absolute atomic E-state index is 5.02. The Balaban J connectivity index is 0.0000000992. The average molecular weight is 1560 g/mol. The zero-order valence-corrected chi connectivity index (χ0v) is 65.8. The summed E-state index contributed by atoms with van der Waals surface area (Å²) in [5.74, 6) is 2.99. The van der Waals surface area contributed by atoms with Crippen LogP contribution in [-0.2, 0) is 0 Å². The lowest BCUT2D eigenvalue weighted by molar-refractivity contribution is 1.10. The molecule has 12 heterocycles. The van der Waals surface area contributed by atoms with E-state index in [0.29, 0.717) is 0 Å². The van der Waals surface area contributed by atoms with E-state index in [0.717, 1.165) is 23.1 Å². The molecule has 27 aromatic rings. The van der Waals surface area contributed by atoms with E-state index in [2.05, 4.69) is 381 Å². The van der Waals surface area contributed by atoms with Crippen molar-refractivity contribution in [1.82, 2.24) is 37.8 Å². The second-order valence-corrected chi connectivity index (χ2v) is 34.3. The number of hydrogen-bond donors (Lipinski definition) is 0. The molecule has 0 bridgehead atoms. The van der Waals surface area contributed by atoms with Gasteiger partial charge in [0.1, 0.15) is 0 Å². The van der Waals surface area contributed by atoms with E-state index >= 15 is 0 Å².